The zero-order chi connectivity index (χ0) is 13.1. The van der Waals surface area contributed by atoms with Gasteiger partial charge in [-0.25, -0.2) is 4.39 Å². The molecule has 1 aromatic rings. The van der Waals surface area contributed by atoms with E-state index < -0.39 is 17.1 Å². The van der Waals surface area contributed by atoms with Crippen molar-refractivity contribution in [2.75, 3.05) is 13.2 Å². The van der Waals surface area contributed by atoms with Crippen molar-refractivity contribution in [3.63, 3.8) is 0 Å². The van der Waals surface area contributed by atoms with E-state index in [0.717, 1.165) is 6.07 Å². The second kappa shape index (κ2) is 5.14. The largest absolute Gasteiger partial charge is 0.508 e. The van der Waals surface area contributed by atoms with Gasteiger partial charge in [0.1, 0.15) is 11.6 Å². The number of amides is 1. The Morgan fingerprint density at radius 2 is 2.12 bits per heavy atom. The van der Waals surface area contributed by atoms with Crippen LogP contribution in [0.1, 0.15) is 24.2 Å². The second-order valence-electron chi connectivity index (χ2n) is 4.67. The number of nitrogens with one attached hydrogen (secondary N) is 1. The molecule has 94 valence electrons. The third kappa shape index (κ3) is 3.71. The lowest BCUT2D eigenvalue weighted by Gasteiger charge is -2.21. The summed E-state index contributed by atoms with van der Waals surface area (Å²) in [5, 5.41) is 20.6. The number of aromatic hydroxyl groups is 1. The van der Waals surface area contributed by atoms with Crippen molar-refractivity contribution in [3.8, 4) is 5.75 Å². The number of rotatable bonds is 4. The van der Waals surface area contributed by atoms with Gasteiger partial charge in [-0.05, 0) is 12.1 Å². The Bertz CT molecular complexity index is 418. The molecule has 0 fully saturated rings. The van der Waals surface area contributed by atoms with Crippen LogP contribution in [0.15, 0.2) is 18.2 Å². The van der Waals surface area contributed by atoms with Crippen molar-refractivity contribution in [2.45, 2.75) is 13.8 Å². The molecule has 0 unspecified atom stereocenters. The Morgan fingerprint density at radius 1 is 1.47 bits per heavy atom. The first kappa shape index (κ1) is 13.4. The van der Waals surface area contributed by atoms with E-state index in [2.05, 4.69) is 5.32 Å². The first-order valence-corrected chi connectivity index (χ1v) is 5.23. The predicted molar refractivity (Wildman–Crippen MR) is 61.3 cm³/mol. The molecule has 4 nitrogen and oxygen atoms in total. The fourth-order valence-electron chi connectivity index (χ4n) is 1.16. The van der Waals surface area contributed by atoms with E-state index in [9.17, 15) is 9.18 Å². The highest BCUT2D eigenvalue weighted by Gasteiger charge is 2.19. The summed E-state index contributed by atoms with van der Waals surface area (Å²) in [5.74, 6) is -1.57. The first-order valence-electron chi connectivity index (χ1n) is 5.23. The lowest BCUT2D eigenvalue weighted by atomic mass is 9.95. The molecular weight excluding hydrogens is 225 g/mol. The Kier molecular flexibility index (Phi) is 4.07. The van der Waals surface area contributed by atoms with Crippen molar-refractivity contribution in [1.29, 1.82) is 0 Å². The van der Waals surface area contributed by atoms with E-state index in [0.29, 0.717) is 0 Å². The number of aliphatic hydroxyl groups is 1. The van der Waals surface area contributed by atoms with Crippen molar-refractivity contribution in [1.82, 2.24) is 5.32 Å². The molecule has 0 saturated heterocycles. The highest BCUT2D eigenvalue weighted by Crippen LogP contribution is 2.16. The average molecular weight is 241 g/mol. The molecule has 0 bridgehead atoms. The van der Waals surface area contributed by atoms with Gasteiger partial charge < -0.3 is 15.5 Å². The van der Waals surface area contributed by atoms with E-state index in [1.54, 1.807) is 13.8 Å². The maximum atomic E-state index is 13.3. The van der Waals surface area contributed by atoms with Gasteiger partial charge in [-0.1, -0.05) is 13.8 Å². The zero-order valence-corrected chi connectivity index (χ0v) is 9.83. The maximum absolute atomic E-state index is 13.3. The van der Waals surface area contributed by atoms with Gasteiger partial charge in [0.05, 0.1) is 5.56 Å². The quantitative estimate of drug-likeness (QED) is 0.743. The third-order valence-corrected chi connectivity index (χ3v) is 2.35. The van der Waals surface area contributed by atoms with Gasteiger partial charge in [-0.3, -0.25) is 4.79 Å². The zero-order valence-electron chi connectivity index (χ0n) is 9.83. The van der Waals surface area contributed by atoms with Crippen molar-refractivity contribution >= 4 is 5.91 Å². The minimum absolute atomic E-state index is 0.0780. The molecule has 0 spiro atoms. The van der Waals surface area contributed by atoms with E-state index in [1.165, 1.54) is 12.1 Å². The molecule has 0 saturated carbocycles. The Balaban J connectivity index is 2.71. The van der Waals surface area contributed by atoms with Crippen molar-refractivity contribution in [3.05, 3.63) is 29.6 Å². The molecule has 0 aromatic heterocycles. The van der Waals surface area contributed by atoms with Gasteiger partial charge >= 0.3 is 0 Å². The van der Waals surface area contributed by atoms with E-state index in [4.69, 9.17) is 10.2 Å². The van der Waals surface area contributed by atoms with E-state index >= 15 is 0 Å². The molecule has 1 aromatic carbocycles. The summed E-state index contributed by atoms with van der Waals surface area (Å²) in [5.41, 5.74) is -0.584. The van der Waals surface area contributed by atoms with Crippen LogP contribution in [0.4, 0.5) is 4.39 Å². The van der Waals surface area contributed by atoms with Crippen LogP contribution in [-0.4, -0.2) is 29.3 Å². The minimum Gasteiger partial charge on any atom is -0.508 e. The van der Waals surface area contributed by atoms with Gasteiger partial charge in [0.15, 0.2) is 0 Å². The van der Waals surface area contributed by atoms with Crippen LogP contribution in [0.2, 0.25) is 0 Å². The molecule has 17 heavy (non-hydrogen) atoms. The van der Waals surface area contributed by atoms with Crippen LogP contribution in [0.5, 0.6) is 5.75 Å². The fourth-order valence-corrected chi connectivity index (χ4v) is 1.16. The van der Waals surface area contributed by atoms with Crippen molar-refractivity contribution in [2.24, 2.45) is 5.41 Å². The third-order valence-electron chi connectivity index (χ3n) is 2.35. The number of aliphatic hydroxyl groups excluding tert-OH is 1. The SMILES string of the molecule is CC(C)(CO)CNC(=O)c1ccc(O)cc1F. The molecular formula is C12H16FNO3. The smallest absolute Gasteiger partial charge is 0.254 e. The molecule has 0 aliphatic heterocycles. The monoisotopic (exact) mass is 241 g/mol. The summed E-state index contributed by atoms with van der Waals surface area (Å²) in [7, 11) is 0. The standard InChI is InChI=1S/C12H16FNO3/c1-12(2,7-15)6-14-11(17)9-4-3-8(16)5-10(9)13/h3-5,15-16H,6-7H2,1-2H3,(H,14,17). The van der Waals surface area contributed by atoms with Crippen LogP contribution in [-0.2, 0) is 0 Å². The fraction of sp³-hybridized carbons (Fsp3) is 0.417. The van der Waals surface area contributed by atoms with E-state index in [-0.39, 0.29) is 24.5 Å². The van der Waals surface area contributed by atoms with Crippen LogP contribution in [0.25, 0.3) is 0 Å². The number of halogens is 1. The highest BCUT2D eigenvalue weighted by atomic mass is 19.1. The topological polar surface area (TPSA) is 69.6 Å². The lowest BCUT2D eigenvalue weighted by molar-refractivity contribution is 0.0907. The van der Waals surface area contributed by atoms with Crippen LogP contribution in [0, 0.1) is 11.2 Å². The molecule has 0 aliphatic rings. The maximum Gasteiger partial charge on any atom is 0.254 e. The summed E-state index contributed by atoms with van der Waals surface area (Å²) in [4.78, 5) is 11.6. The molecule has 0 atom stereocenters. The summed E-state index contributed by atoms with van der Waals surface area (Å²) in [6.07, 6.45) is 0. The number of hydrogen-bond acceptors (Lipinski definition) is 3. The number of benzene rings is 1. The van der Waals surface area contributed by atoms with Gasteiger partial charge in [-0.15, -0.1) is 0 Å². The van der Waals surface area contributed by atoms with Gasteiger partial charge in [0, 0.05) is 24.6 Å². The highest BCUT2D eigenvalue weighted by molar-refractivity contribution is 5.94. The van der Waals surface area contributed by atoms with Crippen LogP contribution >= 0.6 is 0 Å². The summed E-state index contributed by atoms with van der Waals surface area (Å²) in [6, 6.07) is 3.34. The molecule has 1 amide bonds. The number of phenolic OH excluding ortho intramolecular Hbond substituents is 1. The van der Waals surface area contributed by atoms with Gasteiger partial charge in [-0.2, -0.15) is 0 Å². The molecule has 0 aliphatic carbocycles. The van der Waals surface area contributed by atoms with E-state index in [1.807, 2.05) is 0 Å². The van der Waals surface area contributed by atoms with Crippen LogP contribution < -0.4 is 5.32 Å². The summed E-state index contributed by atoms with van der Waals surface area (Å²) in [6.45, 7) is 3.72. The molecule has 0 radical (unpaired) electrons. The Hall–Kier alpha value is -1.62. The number of carbonyl (C=O) groups is 1. The molecule has 3 N–H and O–H groups in total. The van der Waals surface area contributed by atoms with Gasteiger partial charge in [0.2, 0.25) is 0 Å². The molecule has 0 heterocycles. The Labute approximate surface area is 99.1 Å². The normalized spacial score (nSPS) is 11.3. The number of hydrogen-bond donors (Lipinski definition) is 3. The number of phenols is 1. The average Bonchev–Trinajstić information content (AvgIpc) is 2.26. The van der Waals surface area contributed by atoms with Crippen LogP contribution in [0.3, 0.4) is 0 Å². The first-order chi connectivity index (χ1) is 7.85. The lowest BCUT2D eigenvalue weighted by Crippen LogP contribution is -2.36. The molecule has 1 rings (SSSR count). The summed E-state index contributed by atoms with van der Waals surface area (Å²) < 4.78 is 13.3. The van der Waals surface area contributed by atoms with Gasteiger partial charge in [0.25, 0.3) is 5.91 Å². The predicted octanol–water partition coefficient (Wildman–Crippen LogP) is 1.28. The molecule has 5 heteroatoms. The van der Waals surface area contributed by atoms with Crippen molar-refractivity contribution < 1.29 is 19.4 Å². The summed E-state index contributed by atoms with van der Waals surface area (Å²) >= 11 is 0. The number of carbonyl (C=O) groups excluding carboxylic acids is 1. The second-order valence-corrected chi connectivity index (χ2v) is 4.67. The Morgan fingerprint density at radius 3 is 2.65 bits per heavy atom. The minimum atomic E-state index is -0.774.